The topological polar surface area (TPSA) is 51.5 Å². The van der Waals surface area contributed by atoms with Crippen LogP contribution >= 0.6 is 0 Å². The summed E-state index contributed by atoms with van der Waals surface area (Å²) in [6.45, 7) is 6.16. The predicted molar refractivity (Wildman–Crippen MR) is 113 cm³/mol. The van der Waals surface area contributed by atoms with E-state index in [4.69, 9.17) is 14.8 Å². The highest BCUT2D eigenvalue weighted by atomic mass is 16.5. The van der Waals surface area contributed by atoms with E-state index in [1.807, 2.05) is 54.8 Å². The highest BCUT2D eigenvalue weighted by Gasteiger charge is 2.19. The van der Waals surface area contributed by atoms with Gasteiger partial charge < -0.3 is 10.1 Å². The van der Waals surface area contributed by atoms with Crippen molar-refractivity contribution in [2.45, 2.75) is 26.8 Å². The van der Waals surface area contributed by atoms with E-state index < -0.39 is 0 Å². The van der Waals surface area contributed by atoms with Crippen LogP contribution in [-0.2, 0) is 0 Å². The molecule has 142 valence electrons. The van der Waals surface area contributed by atoms with Gasteiger partial charge in [0.15, 0.2) is 5.65 Å². The van der Waals surface area contributed by atoms with Gasteiger partial charge in [-0.2, -0.15) is 9.61 Å². The van der Waals surface area contributed by atoms with Crippen LogP contribution in [0.25, 0.3) is 16.8 Å². The molecule has 0 aliphatic heterocycles. The number of benzene rings is 2. The lowest BCUT2D eigenvalue weighted by molar-refractivity contribution is 0.416. The molecule has 0 bridgehead atoms. The normalized spacial score (nSPS) is 12.1. The summed E-state index contributed by atoms with van der Waals surface area (Å²) < 4.78 is 7.47. The number of hydrogen-bond acceptors (Lipinski definition) is 4. The number of nitrogens with one attached hydrogen (secondary N) is 1. The maximum Gasteiger partial charge on any atom is 0.165 e. The molecule has 1 N–H and O–H groups in total. The number of fused-ring (bicyclic) bond motifs is 1. The Bertz CT molecular complexity index is 1120. The maximum absolute atomic E-state index is 5.58. The van der Waals surface area contributed by atoms with Gasteiger partial charge in [0.05, 0.1) is 18.4 Å². The minimum atomic E-state index is 0.144. The Balaban J connectivity index is 1.84. The first-order valence-electron chi connectivity index (χ1n) is 9.40. The molecule has 0 saturated heterocycles. The third-order valence-electron chi connectivity index (χ3n) is 4.93. The number of rotatable bonds is 5. The molecule has 0 aliphatic carbocycles. The van der Waals surface area contributed by atoms with E-state index in [0.717, 1.165) is 39.7 Å². The molecule has 4 rings (SSSR count). The molecular formula is C23H24N4O. The third kappa shape index (κ3) is 3.20. The first-order valence-corrected chi connectivity index (χ1v) is 9.40. The van der Waals surface area contributed by atoms with Gasteiger partial charge >= 0.3 is 0 Å². The summed E-state index contributed by atoms with van der Waals surface area (Å²) >= 11 is 0. The SMILES string of the molecule is COc1ccccc1-c1c(C)nn2c(NC(C)c3ccccc3)cc(C)nc12. The van der Waals surface area contributed by atoms with E-state index in [2.05, 4.69) is 36.5 Å². The lowest BCUT2D eigenvalue weighted by Gasteiger charge is -2.17. The summed E-state index contributed by atoms with van der Waals surface area (Å²) in [7, 11) is 1.69. The Labute approximate surface area is 165 Å². The number of nitrogens with zero attached hydrogens (tertiary/aromatic N) is 3. The van der Waals surface area contributed by atoms with Crippen LogP contribution in [0.3, 0.4) is 0 Å². The fourth-order valence-corrected chi connectivity index (χ4v) is 3.56. The number of aryl methyl sites for hydroxylation is 2. The highest BCUT2D eigenvalue weighted by Crippen LogP contribution is 2.35. The molecule has 2 aromatic carbocycles. The largest absolute Gasteiger partial charge is 0.496 e. The van der Waals surface area contributed by atoms with Crippen LogP contribution in [0.1, 0.15) is 29.9 Å². The molecule has 0 aliphatic rings. The molecule has 1 unspecified atom stereocenters. The molecule has 0 fully saturated rings. The van der Waals surface area contributed by atoms with Crippen molar-refractivity contribution in [2.75, 3.05) is 12.4 Å². The second-order valence-corrected chi connectivity index (χ2v) is 6.96. The van der Waals surface area contributed by atoms with E-state index in [1.54, 1.807) is 7.11 Å². The molecule has 2 heterocycles. The number of ether oxygens (including phenoxy) is 1. The van der Waals surface area contributed by atoms with E-state index >= 15 is 0 Å². The summed E-state index contributed by atoms with van der Waals surface area (Å²) in [5, 5.41) is 8.38. The molecule has 5 heteroatoms. The Hall–Kier alpha value is -3.34. The van der Waals surface area contributed by atoms with Gasteiger partial charge in [-0.05, 0) is 32.4 Å². The zero-order chi connectivity index (χ0) is 19.7. The number of hydrogen-bond donors (Lipinski definition) is 1. The van der Waals surface area contributed by atoms with E-state index in [0.29, 0.717) is 0 Å². The van der Waals surface area contributed by atoms with Gasteiger partial charge in [-0.15, -0.1) is 0 Å². The smallest absolute Gasteiger partial charge is 0.165 e. The van der Waals surface area contributed by atoms with Gasteiger partial charge in [-0.3, -0.25) is 0 Å². The molecule has 5 nitrogen and oxygen atoms in total. The zero-order valence-corrected chi connectivity index (χ0v) is 16.6. The molecule has 0 radical (unpaired) electrons. The summed E-state index contributed by atoms with van der Waals surface area (Å²) in [6, 6.07) is 20.5. The molecule has 0 saturated carbocycles. The molecule has 0 amide bonds. The fraction of sp³-hybridized carbons (Fsp3) is 0.217. The predicted octanol–water partition coefficient (Wildman–Crippen LogP) is 5.19. The number of para-hydroxylation sites is 1. The van der Waals surface area contributed by atoms with E-state index in [-0.39, 0.29) is 6.04 Å². The molecule has 28 heavy (non-hydrogen) atoms. The third-order valence-corrected chi connectivity index (χ3v) is 4.93. The Morgan fingerprint density at radius 2 is 1.71 bits per heavy atom. The minimum absolute atomic E-state index is 0.144. The second kappa shape index (κ2) is 7.35. The first kappa shape index (κ1) is 18.0. The van der Waals surface area contributed by atoms with Crippen LogP contribution in [0.4, 0.5) is 5.82 Å². The van der Waals surface area contributed by atoms with Crippen LogP contribution in [-0.4, -0.2) is 21.7 Å². The van der Waals surface area contributed by atoms with Crippen molar-refractivity contribution in [3.63, 3.8) is 0 Å². The van der Waals surface area contributed by atoms with Crippen molar-refractivity contribution in [3.05, 3.63) is 77.6 Å². The fourth-order valence-electron chi connectivity index (χ4n) is 3.56. The van der Waals surface area contributed by atoms with Crippen LogP contribution in [0.2, 0.25) is 0 Å². The molecule has 1 atom stereocenters. The molecular weight excluding hydrogens is 348 g/mol. The van der Waals surface area contributed by atoms with Gasteiger partial charge in [0.2, 0.25) is 0 Å². The van der Waals surface area contributed by atoms with Crippen LogP contribution < -0.4 is 10.1 Å². The van der Waals surface area contributed by atoms with Crippen LogP contribution in [0.15, 0.2) is 60.7 Å². The summed E-state index contributed by atoms with van der Waals surface area (Å²) in [4.78, 5) is 4.79. The van der Waals surface area contributed by atoms with E-state index in [1.165, 1.54) is 5.56 Å². The van der Waals surface area contributed by atoms with Gasteiger partial charge in [0, 0.05) is 23.4 Å². The van der Waals surface area contributed by atoms with Gasteiger partial charge in [-0.25, -0.2) is 4.98 Å². The molecule has 0 spiro atoms. The Morgan fingerprint density at radius 1 is 1.00 bits per heavy atom. The summed E-state index contributed by atoms with van der Waals surface area (Å²) in [5.41, 5.74) is 5.89. The van der Waals surface area contributed by atoms with Crippen molar-refractivity contribution in [1.29, 1.82) is 0 Å². The average Bonchev–Trinajstić information content (AvgIpc) is 3.04. The lowest BCUT2D eigenvalue weighted by atomic mass is 10.1. The van der Waals surface area contributed by atoms with Crippen molar-refractivity contribution in [1.82, 2.24) is 14.6 Å². The molecule has 2 aromatic heterocycles. The minimum Gasteiger partial charge on any atom is -0.496 e. The lowest BCUT2D eigenvalue weighted by Crippen LogP contribution is -2.11. The summed E-state index contributed by atoms with van der Waals surface area (Å²) in [5.74, 6) is 1.74. The second-order valence-electron chi connectivity index (χ2n) is 6.96. The van der Waals surface area contributed by atoms with E-state index in [9.17, 15) is 0 Å². The van der Waals surface area contributed by atoms with Gasteiger partial charge in [0.1, 0.15) is 11.6 Å². The van der Waals surface area contributed by atoms with Gasteiger partial charge in [0.25, 0.3) is 0 Å². The Morgan fingerprint density at radius 3 is 2.46 bits per heavy atom. The van der Waals surface area contributed by atoms with Crippen molar-refractivity contribution >= 4 is 11.5 Å². The quantitative estimate of drug-likeness (QED) is 0.523. The monoisotopic (exact) mass is 372 g/mol. The summed E-state index contributed by atoms with van der Waals surface area (Å²) in [6.07, 6.45) is 0. The van der Waals surface area contributed by atoms with Crippen LogP contribution in [0, 0.1) is 13.8 Å². The first-order chi connectivity index (χ1) is 13.6. The molecule has 4 aromatic rings. The van der Waals surface area contributed by atoms with Crippen molar-refractivity contribution in [2.24, 2.45) is 0 Å². The number of aromatic nitrogens is 3. The van der Waals surface area contributed by atoms with Crippen LogP contribution in [0.5, 0.6) is 5.75 Å². The standard InChI is InChI=1S/C23H24N4O/c1-15-14-21(25-16(2)18-10-6-5-7-11-18)27-23(24-15)22(17(3)26-27)19-12-8-9-13-20(19)28-4/h5-14,16,25H,1-4H3. The zero-order valence-electron chi connectivity index (χ0n) is 16.6. The maximum atomic E-state index is 5.58. The Kier molecular flexibility index (Phi) is 4.74. The number of anilines is 1. The number of methoxy groups -OCH3 is 1. The highest BCUT2D eigenvalue weighted by molar-refractivity contribution is 5.84. The van der Waals surface area contributed by atoms with Crippen molar-refractivity contribution < 1.29 is 4.74 Å². The van der Waals surface area contributed by atoms with Crippen molar-refractivity contribution in [3.8, 4) is 16.9 Å². The van der Waals surface area contributed by atoms with Gasteiger partial charge in [-0.1, -0.05) is 48.5 Å². The average molecular weight is 372 g/mol.